The van der Waals surface area contributed by atoms with E-state index in [9.17, 15) is 9.59 Å². The van der Waals surface area contributed by atoms with Crippen molar-refractivity contribution in [3.8, 4) is 0 Å². The molecule has 0 bridgehead atoms. The quantitative estimate of drug-likeness (QED) is 0.810. The molecule has 0 saturated heterocycles. The second-order valence-electron chi connectivity index (χ2n) is 4.37. The molecule has 1 aliphatic rings. The van der Waals surface area contributed by atoms with Crippen LogP contribution >= 0.6 is 11.6 Å². The lowest BCUT2D eigenvalue weighted by Crippen LogP contribution is -2.35. The number of carbonyl (C=O) groups is 2. The van der Waals surface area contributed by atoms with Crippen molar-refractivity contribution < 1.29 is 9.59 Å². The minimum absolute atomic E-state index is 0.0196. The molecule has 1 aliphatic carbocycles. The molecule has 1 aromatic rings. The zero-order valence-electron chi connectivity index (χ0n) is 9.81. The number of nitrogens with zero attached hydrogens (tertiary/aromatic N) is 1. The van der Waals surface area contributed by atoms with Gasteiger partial charge in [0.25, 0.3) is 0 Å². The van der Waals surface area contributed by atoms with E-state index in [1.54, 1.807) is 0 Å². The normalized spacial score (nSPS) is 22.1. The molecule has 1 fully saturated rings. The van der Waals surface area contributed by atoms with E-state index in [4.69, 9.17) is 11.6 Å². The first-order chi connectivity index (χ1) is 8.00. The predicted octanol–water partition coefficient (Wildman–Crippen LogP) is 2.59. The van der Waals surface area contributed by atoms with Gasteiger partial charge in [-0.3, -0.25) is 14.5 Å². The van der Waals surface area contributed by atoms with E-state index < -0.39 is 0 Å². The van der Waals surface area contributed by atoms with Gasteiger partial charge in [-0.15, -0.1) is 0 Å². The number of rotatable bonds is 2. The molecule has 1 aromatic carbocycles. The van der Waals surface area contributed by atoms with Gasteiger partial charge < -0.3 is 0 Å². The number of benzene rings is 1. The van der Waals surface area contributed by atoms with E-state index in [0.29, 0.717) is 5.02 Å². The Morgan fingerprint density at radius 2 is 1.71 bits per heavy atom. The Hall–Kier alpha value is -1.35. The Balaban J connectivity index is 2.11. The highest BCUT2D eigenvalue weighted by Crippen LogP contribution is 2.44. The van der Waals surface area contributed by atoms with E-state index in [-0.39, 0.29) is 23.8 Å². The van der Waals surface area contributed by atoms with Crippen molar-refractivity contribution in [3.63, 3.8) is 0 Å². The first kappa shape index (κ1) is 12.1. The number of hydrogen-bond donors (Lipinski definition) is 0. The molecule has 0 N–H and O–H groups in total. The maximum absolute atomic E-state index is 11.4. The zero-order valence-corrected chi connectivity index (χ0v) is 10.6. The first-order valence-corrected chi connectivity index (χ1v) is 5.94. The second-order valence-corrected chi connectivity index (χ2v) is 4.81. The van der Waals surface area contributed by atoms with Crippen molar-refractivity contribution in [2.75, 3.05) is 0 Å². The van der Waals surface area contributed by atoms with Crippen LogP contribution in [0.15, 0.2) is 24.3 Å². The molecule has 0 heterocycles. The number of hydrogen-bond acceptors (Lipinski definition) is 2. The van der Waals surface area contributed by atoms with Gasteiger partial charge in [-0.1, -0.05) is 23.7 Å². The van der Waals surface area contributed by atoms with Crippen molar-refractivity contribution in [1.82, 2.24) is 4.90 Å². The average Bonchev–Trinajstić information content (AvgIpc) is 2.97. The van der Waals surface area contributed by atoms with Gasteiger partial charge in [0.15, 0.2) is 0 Å². The highest BCUT2D eigenvalue weighted by atomic mass is 35.5. The molecule has 0 aromatic heterocycles. The van der Waals surface area contributed by atoms with Crippen molar-refractivity contribution >= 4 is 23.4 Å². The van der Waals surface area contributed by atoms with Crippen LogP contribution in [0.4, 0.5) is 0 Å². The molecule has 3 nitrogen and oxygen atoms in total. The maximum Gasteiger partial charge on any atom is 0.226 e. The largest absolute Gasteiger partial charge is 0.279 e. The number of halogens is 1. The van der Waals surface area contributed by atoms with E-state index in [2.05, 4.69) is 0 Å². The van der Waals surface area contributed by atoms with Crippen molar-refractivity contribution in [1.29, 1.82) is 0 Å². The van der Waals surface area contributed by atoms with E-state index >= 15 is 0 Å². The summed E-state index contributed by atoms with van der Waals surface area (Å²) in [6.45, 7) is 2.86. The fraction of sp³-hybridized carbons (Fsp3) is 0.385. The molecule has 0 spiro atoms. The number of amides is 2. The van der Waals surface area contributed by atoms with Gasteiger partial charge in [-0.05, 0) is 24.1 Å². The van der Waals surface area contributed by atoms with Gasteiger partial charge in [0.1, 0.15) is 0 Å². The number of carbonyl (C=O) groups excluding carboxylic acids is 2. The van der Waals surface area contributed by atoms with Crippen molar-refractivity contribution in [2.45, 2.75) is 32.2 Å². The fourth-order valence-electron chi connectivity index (χ4n) is 2.22. The van der Waals surface area contributed by atoms with Gasteiger partial charge in [-0.2, -0.15) is 0 Å². The molecule has 0 unspecified atom stereocenters. The summed E-state index contributed by atoms with van der Waals surface area (Å²) in [5.41, 5.74) is 1.13. The molecule has 0 aliphatic heterocycles. The topological polar surface area (TPSA) is 37.4 Å². The Kier molecular flexibility index (Phi) is 3.20. The third-order valence-electron chi connectivity index (χ3n) is 3.07. The van der Waals surface area contributed by atoms with Gasteiger partial charge >= 0.3 is 0 Å². The van der Waals surface area contributed by atoms with Gasteiger partial charge in [0.2, 0.25) is 11.8 Å². The summed E-state index contributed by atoms with van der Waals surface area (Å²) >= 11 is 5.82. The molecular weight excluding hydrogens is 238 g/mol. The van der Waals surface area contributed by atoms with Crippen LogP contribution in [0.2, 0.25) is 5.02 Å². The Morgan fingerprint density at radius 3 is 2.18 bits per heavy atom. The third kappa shape index (κ3) is 2.50. The smallest absolute Gasteiger partial charge is 0.226 e. The highest BCUT2D eigenvalue weighted by Gasteiger charge is 2.45. The van der Waals surface area contributed by atoms with E-state index in [1.165, 1.54) is 18.7 Å². The zero-order chi connectivity index (χ0) is 12.6. The number of imide groups is 1. The van der Waals surface area contributed by atoms with Crippen LogP contribution in [-0.4, -0.2) is 22.8 Å². The summed E-state index contributed by atoms with van der Waals surface area (Å²) in [6.07, 6.45) is 0.848. The van der Waals surface area contributed by atoms with Crippen LogP contribution < -0.4 is 0 Å². The SMILES string of the molecule is CC(=O)N(C(C)=O)[C@@H]1C[C@H]1c1ccc(Cl)cc1. The highest BCUT2D eigenvalue weighted by molar-refractivity contribution is 6.30. The van der Waals surface area contributed by atoms with E-state index in [1.807, 2.05) is 24.3 Å². The van der Waals surface area contributed by atoms with Crippen LogP contribution in [0.1, 0.15) is 31.7 Å². The van der Waals surface area contributed by atoms with Crippen molar-refractivity contribution in [3.05, 3.63) is 34.9 Å². The van der Waals surface area contributed by atoms with Gasteiger partial charge in [-0.25, -0.2) is 0 Å². The minimum Gasteiger partial charge on any atom is -0.279 e. The lowest BCUT2D eigenvalue weighted by atomic mass is 10.1. The Morgan fingerprint density at radius 1 is 1.18 bits per heavy atom. The Labute approximate surface area is 105 Å². The predicted molar refractivity (Wildman–Crippen MR) is 65.8 cm³/mol. The molecule has 4 heteroatoms. The summed E-state index contributed by atoms with van der Waals surface area (Å²) in [7, 11) is 0. The molecule has 2 rings (SSSR count). The lowest BCUT2D eigenvalue weighted by molar-refractivity contribution is -0.142. The minimum atomic E-state index is -0.182. The summed E-state index contributed by atoms with van der Waals surface area (Å²) < 4.78 is 0. The molecule has 2 amide bonds. The maximum atomic E-state index is 11.4. The summed E-state index contributed by atoms with van der Waals surface area (Å²) in [4.78, 5) is 24.1. The molecular formula is C13H14ClNO2. The third-order valence-corrected chi connectivity index (χ3v) is 3.32. The Bertz CT molecular complexity index is 441. The second kappa shape index (κ2) is 4.49. The molecule has 1 saturated carbocycles. The summed E-state index contributed by atoms with van der Waals surface area (Å²) in [5, 5.41) is 0.695. The fourth-order valence-corrected chi connectivity index (χ4v) is 2.35. The molecule has 0 radical (unpaired) electrons. The van der Waals surface area contributed by atoms with Crippen LogP contribution in [0.25, 0.3) is 0 Å². The van der Waals surface area contributed by atoms with Gasteiger partial charge in [0.05, 0.1) is 0 Å². The first-order valence-electron chi connectivity index (χ1n) is 5.56. The van der Waals surface area contributed by atoms with Crippen LogP contribution in [0.5, 0.6) is 0 Å². The lowest BCUT2D eigenvalue weighted by Gasteiger charge is -2.17. The van der Waals surface area contributed by atoms with Gasteiger partial charge in [0, 0.05) is 30.8 Å². The molecule has 2 atom stereocenters. The van der Waals surface area contributed by atoms with E-state index in [0.717, 1.165) is 12.0 Å². The summed E-state index contributed by atoms with van der Waals surface area (Å²) in [5.74, 6) is -0.0991. The van der Waals surface area contributed by atoms with Crippen LogP contribution in [-0.2, 0) is 9.59 Å². The van der Waals surface area contributed by atoms with Crippen LogP contribution in [0.3, 0.4) is 0 Å². The monoisotopic (exact) mass is 251 g/mol. The summed E-state index contributed by atoms with van der Waals surface area (Å²) in [6, 6.07) is 7.58. The van der Waals surface area contributed by atoms with Crippen LogP contribution in [0, 0.1) is 0 Å². The molecule has 90 valence electrons. The molecule has 17 heavy (non-hydrogen) atoms. The standard InChI is InChI=1S/C13H14ClNO2/c1-8(16)15(9(2)17)13-7-12(13)10-3-5-11(14)6-4-10/h3-6,12-13H,7H2,1-2H3/t12-,13+/m0/s1. The van der Waals surface area contributed by atoms with Crippen molar-refractivity contribution in [2.24, 2.45) is 0 Å². The average molecular weight is 252 g/mol.